The summed E-state index contributed by atoms with van der Waals surface area (Å²) in [6.07, 6.45) is 1.66. The molecule has 0 aliphatic carbocycles. The van der Waals surface area contributed by atoms with Gasteiger partial charge in [0.1, 0.15) is 12.6 Å². The molecule has 0 radical (unpaired) electrons. The van der Waals surface area contributed by atoms with Crippen LogP contribution in [0.15, 0.2) is 34.9 Å². The summed E-state index contributed by atoms with van der Waals surface area (Å²) in [4.78, 5) is 11.8. The summed E-state index contributed by atoms with van der Waals surface area (Å²) in [5, 5.41) is 1.09. The fourth-order valence-corrected chi connectivity index (χ4v) is 2.36. The van der Waals surface area contributed by atoms with E-state index in [1.165, 1.54) is 0 Å². The topological polar surface area (TPSA) is 40.5 Å². The third-order valence-corrected chi connectivity index (χ3v) is 3.26. The van der Waals surface area contributed by atoms with Crippen LogP contribution in [-0.4, -0.2) is 30.4 Å². The summed E-state index contributed by atoms with van der Waals surface area (Å²) < 4.78 is 13.1. The van der Waals surface area contributed by atoms with Crippen molar-refractivity contribution in [2.24, 2.45) is 0 Å². The molecule has 4 nitrogen and oxygen atoms in total. The fraction of sp³-hybridized carbons (Fsp3) is 0.357. The normalized spacial score (nSPS) is 12.6. The molecule has 0 N–H and O–H groups in total. The Morgan fingerprint density at radius 1 is 1.42 bits per heavy atom. The van der Waals surface area contributed by atoms with E-state index in [2.05, 4.69) is 15.9 Å². The SMILES string of the molecule is COCC(C)OC(=O)Cn1ccc2cc(Br)ccc21. The third kappa shape index (κ3) is 3.58. The van der Waals surface area contributed by atoms with Crippen LogP contribution >= 0.6 is 15.9 Å². The Hall–Kier alpha value is -1.33. The Morgan fingerprint density at radius 2 is 2.21 bits per heavy atom. The third-order valence-electron chi connectivity index (χ3n) is 2.77. The van der Waals surface area contributed by atoms with Gasteiger partial charge < -0.3 is 14.0 Å². The van der Waals surface area contributed by atoms with Gasteiger partial charge in [-0.2, -0.15) is 0 Å². The molecule has 1 atom stereocenters. The second-order valence-corrected chi connectivity index (χ2v) is 5.32. The fourth-order valence-electron chi connectivity index (χ4n) is 1.98. The molecule has 1 aromatic carbocycles. The number of rotatable bonds is 5. The first-order chi connectivity index (χ1) is 9.10. The number of halogens is 1. The number of methoxy groups -OCH3 is 1. The van der Waals surface area contributed by atoms with Crippen molar-refractivity contribution in [3.8, 4) is 0 Å². The van der Waals surface area contributed by atoms with Gasteiger partial charge in [0.05, 0.1) is 6.61 Å². The Morgan fingerprint density at radius 3 is 2.95 bits per heavy atom. The van der Waals surface area contributed by atoms with Gasteiger partial charge >= 0.3 is 5.97 Å². The average Bonchev–Trinajstić information content (AvgIpc) is 2.71. The van der Waals surface area contributed by atoms with Crippen LogP contribution in [0.1, 0.15) is 6.92 Å². The van der Waals surface area contributed by atoms with E-state index in [1.54, 1.807) is 7.11 Å². The summed E-state index contributed by atoms with van der Waals surface area (Å²) in [6.45, 7) is 2.43. The highest BCUT2D eigenvalue weighted by molar-refractivity contribution is 9.10. The van der Waals surface area contributed by atoms with Crippen molar-refractivity contribution in [1.82, 2.24) is 4.57 Å². The minimum absolute atomic E-state index is 0.208. The highest BCUT2D eigenvalue weighted by Gasteiger charge is 2.11. The van der Waals surface area contributed by atoms with E-state index in [0.29, 0.717) is 6.61 Å². The summed E-state index contributed by atoms with van der Waals surface area (Å²) >= 11 is 3.43. The maximum Gasteiger partial charge on any atom is 0.326 e. The first-order valence-corrected chi connectivity index (χ1v) is 6.82. The van der Waals surface area contributed by atoms with Crippen LogP contribution in [-0.2, 0) is 20.8 Å². The summed E-state index contributed by atoms with van der Waals surface area (Å²) in [7, 11) is 1.58. The number of carbonyl (C=O) groups is 1. The molecule has 19 heavy (non-hydrogen) atoms. The van der Waals surface area contributed by atoms with E-state index in [9.17, 15) is 4.79 Å². The van der Waals surface area contributed by atoms with Crippen molar-refractivity contribution < 1.29 is 14.3 Å². The lowest BCUT2D eigenvalue weighted by atomic mass is 10.2. The maximum absolute atomic E-state index is 11.8. The average molecular weight is 326 g/mol. The van der Waals surface area contributed by atoms with E-state index in [-0.39, 0.29) is 18.6 Å². The van der Waals surface area contributed by atoms with E-state index in [4.69, 9.17) is 9.47 Å². The zero-order chi connectivity index (χ0) is 13.8. The number of carbonyl (C=O) groups excluding carboxylic acids is 1. The van der Waals surface area contributed by atoms with Gasteiger partial charge in [-0.1, -0.05) is 15.9 Å². The van der Waals surface area contributed by atoms with E-state index >= 15 is 0 Å². The van der Waals surface area contributed by atoms with Crippen molar-refractivity contribution in [3.05, 3.63) is 34.9 Å². The zero-order valence-corrected chi connectivity index (χ0v) is 12.5. The van der Waals surface area contributed by atoms with Gasteiger partial charge in [0.25, 0.3) is 0 Å². The lowest BCUT2D eigenvalue weighted by Gasteiger charge is -2.12. The van der Waals surface area contributed by atoms with E-state index in [1.807, 2.05) is 42.0 Å². The summed E-state index contributed by atoms with van der Waals surface area (Å²) in [6, 6.07) is 7.93. The molecule has 0 saturated carbocycles. The van der Waals surface area contributed by atoms with Crippen molar-refractivity contribution in [1.29, 1.82) is 0 Å². The molecule has 2 aromatic rings. The van der Waals surface area contributed by atoms with Crippen LogP contribution in [0.2, 0.25) is 0 Å². The molecular weight excluding hydrogens is 310 g/mol. The van der Waals surface area contributed by atoms with Crippen molar-refractivity contribution in [2.45, 2.75) is 19.6 Å². The zero-order valence-electron chi connectivity index (χ0n) is 10.9. The Labute approximate surface area is 120 Å². The Balaban J connectivity index is 2.07. The Bertz CT molecular complexity index is 579. The first-order valence-electron chi connectivity index (χ1n) is 6.03. The number of fused-ring (bicyclic) bond motifs is 1. The standard InChI is InChI=1S/C14H16BrNO3/c1-10(9-18-2)19-14(17)8-16-6-5-11-7-12(15)3-4-13(11)16/h3-7,10H,8-9H2,1-2H3. The van der Waals surface area contributed by atoms with Gasteiger partial charge in [-0.25, -0.2) is 0 Å². The second-order valence-electron chi connectivity index (χ2n) is 4.40. The monoisotopic (exact) mass is 325 g/mol. The summed E-state index contributed by atoms with van der Waals surface area (Å²) in [5.74, 6) is -0.259. The van der Waals surface area contributed by atoms with Crippen molar-refractivity contribution in [3.63, 3.8) is 0 Å². The van der Waals surface area contributed by atoms with Gasteiger partial charge in [0.2, 0.25) is 0 Å². The molecule has 0 aliphatic heterocycles. The molecule has 1 unspecified atom stereocenters. The van der Waals surface area contributed by atoms with Gasteiger partial charge in [-0.3, -0.25) is 4.79 Å². The van der Waals surface area contributed by atoms with Crippen LogP contribution in [0.3, 0.4) is 0 Å². The van der Waals surface area contributed by atoms with Crippen LogP contribution in [0.5, 0.6) is 0 Å². The van der Waals surface area contributed by atoms with E-state index < -0.39 is 0 Å². The van der Waals surface area contributed by atoms with Crippen LogP contribution in [0.25, 0.3) is 10.9 Å². The molecule has 0 amide bonds. The van der Waals surface area contributed by atoms with Gasteiger partial charge in [-0.15, -0.1) is 0 Å². The highest BCUT2D eigenvalue weighted by atomic mass is 79.9. The maximum atomic E-state index is 11.8. The predicted molar refractivity (Wildman–Crippen MR) is 77.1 cm³/mol. The second kappa shape index (κ2) is 6.21. The van der Waals surface area contributed by atoms with Crippen LogP contribution in [0.4, 0.5) is 0 Å². The molecule has 0 fully saturated rings. The molecule has 0 saturated heterocycles. The molecule has 1 aromatic heterocycles. The molecule has 2 rings (SSSR count). The minimum atomic E-state index is -0.259. The quantitative estimate of drug-likeness (QED) is 0.793. The number of hydrogen-bond acceptors (Lipinski definition) is 3. The van der Waals surface area contributed by atoms with Gasteiger partial charge in [0, 0.05) is 28.7 Å². The Kier molecular flexibility index (Phi) is 4.61. The van der Waals surface area contributed by atoms with Gasteiger partial charge in [0.15, 0.2) is 0 Å². The van der Waals surface area contributed by atoms with Crippen LogP contribution in [0, 0.1) is 0 Å². The molecule has 102 valence electrons. The number of esters is 1. The predicted octanol–water partition coefficient (Wildman–Crippen LogP) is 2.98. The molecular formula is C14H16BrNO3. The number of nitrogens with zero attached hydrogens (tertiary/aromatic N) is 1. The molecule has 0 bridgehead atoms. The van der Waals surface area contributed by atoms with E-state index in [0.717, 1.165) is 15.4 Å². The number of benzene rings is 1. The molecule has 5 heteroatoms. The van der Waals surface area contributed by atoms with Crippen molar-refractivity contribution in [2.75, 3.05) is 13.7 Å². The smallest absolute Gasteiger partial charge is 0.326 e. The number of aromatic nitrogens is 1. The van der Waals surface area contributed by atoms with Crippen molar-refractivity contribution >= 4 is 32.8 Å². The molecule has 1 heterocycles. The van der Waals surface area contributed by atoms with Gasteiger partial charge in [-0.05, 0) is 31.2 Å². The van der Waals surface area contributed by atoms with Crippen LogP contribution < -0.4 is 0 Å². The molecule has 0 aliphatic rings. The molecule has 0 spiro atoms. The number of ether oxygens (including phenoxy) is 2. The highest BCUT2D eigenvalue weighted by Crippen LogP contribution is 2.20. The lowest BCUT2D eigenvalue weighted by Crippen LogP contribution is -2.22. The minimum Gasteiger partial charge on any atom is -0.459 e. The largest absolute Gasteiger partial charge is 0.459 e. The lowest BCUT2D eigenvalue weighted by molar-refractivity contribution is -0.151. The summed E-state index contributed by atoms with van der Waals surface area (Å²) in [5.41, 5.74) is 1.01. The number of hydrogen-bond donors (Lipinski definition) is 0. The first kappa shape index (κ1) is 14.1.